The Kier molecular flexibility index (Phi) is 8.17. The Labute approximate surface area is 201 Å². The van der Waals surface area contributed by atoms with Crippen molar-refractivity contribution in [2.24, 2.45) is 5.92 Å². The summed E-state index contributed by atoms with van der Waals surface area (Å²) in [5.74, 6) is 0.658. The Morgan fingerprint density at radius 3 is 2.68 bits per heavy atom. The molecule has 0 saturated carbocycles. The van der Waals surface area contributed by atoms with E-state index in [0.717, 1.165) is 49.2 Å². The molecule has 2 aromatic carbocycles. The second-order valence-electron chi connectivity index (χ2n) is 9.05. The number of para-hydroxylation sites is 1. The molecule has 1 atom stereocenters. The van der Waals surface area contributed by atoms with Crippen molar-refractivity contribution in [1.29, 1.82) is 0 Å². The van der Waals surface area contributed by atoms with Crippen LogP contribution in [-0.2, 0) is 20.9 Å². The van der Waals surface area contributed by atoms with Crippen molar-refractivity contribution < 1.29 is 19.1 Å². The van der Waals surface area contributed by atoms with E-state index in [-0.39, 0.29) is 23.6 Å². The summed E-state index contributed by atoms with van der Waals surface area (Å²) in [6.07, 6.45) is 4.48. The maximum Gasteiger partial charge on any atom is 0.229 e. The fourth-order valence-electron chi connectivity index (χ4n) is 4.59. The summed E-state index contributed by atoms with van der Waals surface area (Å²) in [7, 11) is 0. The zero-order chi connectivity index (χ0) is 23.8. The predicted molar refractivity (Wildman–Crippen MR) is 130 cm³/mol. The van der Waals surface area contributed by atoms with Gasteiger partial charge in [0.1, 0.15) is 5.75 Å². The molecule has 2 aliphatic rings. The van der Waals surface area contributed by atoms with Crippen molar-refractivity contribution in [2.45, 2.75) is 45.1 Å². The Morgan fingerprint density at radius 2 is 1.85 bits per heavy atom. The first kappa shape index (κ1) is 23.8. The molecular weight excluding hydrogens is 430 g/mol. The predicted octanol–water partition coefficient (Wildman–Crippen LogP) is 3.85. The van der Waals surface area contributed by atoms with Crippen molar-refractivity contribution in [3.05, 3.63) is 60.2 Å². The molecule has 0 aromatic heterocycles. The molecule has 2 fully saturated rings. The molecule has 4 rings (SSSR count). The second kappa shape index (κ2) is 11.7. The van der Waals surface area contributed by atoms with Crippen LogP contribution in [0.3, 0.4) is 0 Å². The molecule has 3 amide bonds. The number of carbonyl (C=O) groups excluding carboxylic acids is 3. The van der Waals surface area contributed by atoms with Crippen molar-refractivity contribution in [2.75, 3.05) is 31.6 Å². The van der Waals surface area contributed by atoms with Crippen molar-refractivity contribution >= 4 is 23.4 Å². The van der Waals surface area contributed by atoms with Gasteiger partial charge in [0.2, 0.25) is 17.7 Å². The van der Waals surface area contributed by atoms with Gasteiger partial charge in [-0.15, -0.1) is 0 Å². The summed E-state index contributed by atoms with van der Waals surface area (Å²) in [5, 5.41) is 3.02. The number of ether oxygens (including phenoxy) is 1. The van der Waals surface area contributed by atoms with Crippen LogP contribution in [0.4, 0.5) is 5.69 Å². The van der Waals surface area contributed by atoms with Crippen LogP contribution >= 0.6 is 0 Å². The molecule has 34 heavy (non-hydrogen) atoms. The lowest BCUT2D eigenvalue weighted by molar-refractivity contribution is -0.135. The van der Waals surface area contributed by atoms with E-state index >= 15 is 0 Å². The van der Waals surface area contributed by atoms with Crippen LogP contribution in [0.25, 0.3) is 0 Å². The van der Waals surface area contributed by atoms with Gasteiger partial charge in [-0.25, -0.2) is 0 Å². The summed E-state index contributed by atoms with van der Waals surface area (Å²) in [5.41, 5.74) is 1.73. The third-order valence-corrected chi connectivity index (χ3v) is 6.46. The van der Waals surface area contributed by atoms with Gasteiger partial charge >= 0.3 is 0 Å². The zero-order valence-electron chi connectivity index (χ0n) is 19.6. The largest absolute Gasteiger partial charge is 0.493 e. The van der Waals surface area contributed by atoms with Crippen molar-refractivity contribution in [1.82, 2.24) is 9.80 Å². The number of carbonyl (C=O) groups is 3. The number of likely N-dealkylation sites (tertiary alicyclic amines) is 2. The Balaban J connectivity index is 1.26. The number of amides is 3. The lowest BCUT2D eigenvalue weighted by Crippen LogP contribution is -2.44. The molecule has 0 aliphatic carbocycles. The van der Waals surface area contributed by atoms with Gasteiger partial charge in [0.15, 0.2) is 0 Å². The molecule has 0 bridgehead atoms. The van der Waals surface area contributed by atoms with E-state index in [1.165, 1.54) is 0 Å². The molecule has 2 aromatic rings. The lowest BCUT2D eigenvalue weighted by atomic mass is 9.96. The molecule has 1 N–H and O–H groups in total. The highest BCUT2D eigenvalue weighted by Gasteiger charge is 2.28. The summed E-state index contributed by atoms with van der Waals surface area (Å²) >= 11 is 0. The van der Waals surface area contributed by atoms with E-state index in [2.05, 4.69) is 5.32 Å². The van der Waals surface area contributed by atoms with Crippen LogP contribution in [0.1, 0.15) is 44.1 Å². The minimum atomic E-state index is -0.236. The number of hydrogen-bond donors (Lipinski definition) is 1. The summed E-state index contributed by atoms with van der Waals surface area (Å²) in [4.78, 5) is 41.4. The highest BCUT2D eigenvalue weighted by Crippen LogP contribution is 2.21. The van der Waals surface area contributed by atoms with Crippen LogP contribution < -0.4 is 10.1 Å². The fraction of sp³-hybridized carbons (Fsp3) is 0.444. The smallest absolute Gasteiger partial charge is 0.229 e. The molecule has 7 heteroatoms. The van der Waals surface area contributed by atoms with E-state index in [0.29, 0.717) is 39.1 Å². The highest BCUT2D eigenvalue weighted by molar-refractivity contribution is 5.93. The number of piperidine rings is 2. The van der Waals surface area contributed by atoms with Crippen molar-refractivity contribution in [3.63, 3.8) is 0 Å². The SMILES string of the molecule is O=C(Nc1cccc(CN2CCCCC2=O)c1)C1CCCN(C(=O)CCOc2ccccc2)C1. The molecule has 2 heterocycles. The maximum absolute atomic E-state index is 12.9. The number of hydrogen-bond acceptors (Lipinski definition) is 4. The van der Waals surface area contributed by atoms with Gasteiger partial charge in [0.05, 0.1) is 18.9 Å². The molecule has 2 saturated heterocycles. The number of nitrogens with one attached hydrogen (secondary N) is 1. The van der Waals surface area contributed by atoms with Crippen LogP contribution in [-0.4, -0.2) is 53.8 Å². The average molecular weight is 464 g/mol. The minimum absolute atomic E-state index is 0.0154. The maximum atomic E-state index is 12.9. The van der Waals surface area contributed by atoms with Gasteiger partial charge in [0.25, 0.3) is 0 Å². The molecule has 7 nitrogen and oxygen atoms in total. The van der Waals surface area contributed by atoms with Crippen LogP contribution in [0.15, 0.2) is 54.6 Å². The van der Waals surface area contributed by atoms with Gasteiger partial charge in [-0.2, -0.15) is 0 Å². The first-order chi connectivity index (χ1) is 16.6. The molecule has 2 aliphatic heterocycles. The number of nitrogens with zero attached hydrogens (tertiary/aromatic N) is 2. The standard InChI is InChI=1S/C27H33N3O4/c31-25-13-4-5-15-29(25)19-21-8-6-10-23(18-21)28-27(33)22-9-7-16-30(20-22)26(32)14-17-34-24-11-2-1-3-12-24/h1-3,6,8,10-12,18,22H,4-5,7,9,13-17,19-20H2,(H,28,33). The summed E-state index contributed by atoms with van der Waals surface area (Å²) in [6.45, 7) is 2.78. The van der Waals surface area contributed by atoms with E-state index in [4.69, 9.17) is 4.74 Å². The molecule has 0 radical (unpaired) electrons. The normalized spacial score (nSPS) is 18.5. The van der Waals surface area contributed by atoms with Crippen LogP contribution in [0.5, 0.6) is 5.75 Å². The van der Waals surface area contributed by atoms with E-state index in [9.17, 15) is 14.4 Å². The molecule has 0 spiro atoms. The van der Waals surface area contributed by atoms with Gasteiger partial charge in [-0.3, -0.25) is 14.4 Å². The Morgan fingerprint density at radius 1 is 1.00 bits per heavy atom. The minimum Gasteiger partial charge on any atom is -0.493 e. The zero-order valence-corrected chi connectivity index (χ0v) is 19.6. The van der Waals surface area contributed by atoms with Gasteiger partial charge in [0, 0.05) is 38.3 Å². The number of rotatable bonds is 8. The number of benzene rings is 2. The quantitative estimate of drug-likeness (QED) is 0.645. The van der Waals surface area contributed by atoms with E-state index < -0.39 is 0 Å². The van der Waals surface area contributed by atoms with Crippen LogP contribution in [0.2, 0.25) is 0 Å². The third kappa shape index (κ3) is 6.59. The Hall–Kier alpha value is -3.35. The molecule has 1 unspecified atom stereocenters. The summed E-state index contributed by atoms with van der Waals surface area (Å²) in [6, 6.07) is 17.1. The monoisotopic (exact) mass is 463 g/mol. The lowest BCUT2D eigenvalue weighted by Gasteiger charge is -2.32. The Bertz CT molecular complexity index is 994. The molecular formula is C27H33N3O4. The van der Waals surface area contributed by atoms with Gasteiger partial charge < -0.3 is 19.9 Å². The van der Waals surface area contributed by atoms with Gasteiger partial charge in [-0.1, -0.05) is 30.3 Å². The highest BCUT2D eigenvalue weighted by atomic mass is 16.5. The third-order valence-electron chi connectivity index (χ3n) is 6.46. The van der Waals surface area contributed by atoms with Crippen molar-refractivity contribution in [3.8, 4) is 5.75 Å². The fourth-order valence-corrected chi connectivity index (χ4v) is 4.59. The second-order valence-corrected chi connectivity index (χ2v) is 9.05. The van der Waals surface area contributed by atoms with E-state index in [1.807, 2.05) is 59.5 Å². The van der Waals surface area contributed by atoms with Gasteiger partial charge in [-0.05, 0) is 55.5 Å². The van der Waals surface area contributed by atoms with E-state index in [1.54, 1.807) is 4.90 Å². The van der Waals surface area contributed by atoms with Crippen LogP contribution in [0, 0.1) is 5.92 Å². The first-order valence-electron chi connectivity index (χ1n) is 12.2. The number of anilines is 1. The topological polar surface area (TPSA) is 79.0 Å². The average Bonchev–Trinajstić information content (AvgIpc) is 2.86. The first-order valence-corrected chi connectivity index (χ1v) is 12.2. The summed E-state index contributed by atoms with van der Waals surface area (Å²) < 4.78 is 5.64. The molecule has 180 valence electrons.